The molecule has 2 aliphatic heterocycles. The molecule has 6 heteroatoms. The molecule has 0 spiro atoms. The van der Waals surface area contributed by atoms with Crippen LogP contribution in [0.1, 0.15) is 33.7 Å². The second-order valence-electron chi connectivity index (χ2n) is 8.84. The lowest BCUT2D eigenvalue weighted by molar-refractivity contribution is -0.136. The Balaban J connectivity index is 1.32. The minimum atomic E-state index is -0.516. The van der Waals surface area contributed by atoms with Crippen molar-refractivity contribution in [1.29, 1.82) is 0 Å². The molecule has 0 N–H and O–H groups in total. The predicted molar refractivity (Wildman–Crippen MR) is 125 cm³/mol. The van der Waals surface area contributed by atoms with Crippen molar-refractivity contribution in [1.82, 2.24) is 14.7 Å². The molecule has 1 fully saturated rings. The van der Waals surface area contributed by atoms with Crippen LogP contribution in [0.4, 0.5) is 0 Å². The van der Waals surface area contributed by atoms with Crippen molar-refractivity contribution in [3.63, 3.8) is 0 Å². The summed E-state index contributed by atoms with van der Waals surface area (Å²) in [6.07, 6.45) is 2.96. The monoisotopic (exact) mass is 443 g/mol. The van der Waals surface area contributed by atoms with Gasteiger partial charge in [0.1, 0.15) is 6.04 Å². The lowest BCUT2D eigenvalue weighted by atomic mass is 9.92. The average Bonchev–Trinajstić information content (AvgIpc) is 3.30. The molecule has 1 unspecified atom stereocenters. The van der Waals surface area contributed by atoms with Gasteiger partial charge in [-0.15, -0.1) is 0 Å². The van der Waals surface area contributed by atoms with E-state index in [0.717, 1.165) is 37.2 Å². The van der Waals surface area contributed by atoms with Gasteiger partial charge >= 0.3 is 0 Å². The fourth-order valence-corrected chi connectivity index (χ4v) is 4.90. The van der Waals surface area contributed by atoms with Crippen LogP contribution in [-0.4, -0.2) is 58.7 Å². The molecule has 2 aromatic carbocycles. The Morgan fingerprint density at radius 1 is 0.848 bits per heavy atom. The van der Waals surface area contributed by atoms with E-state index in [0.29, 0.717) is 26.1 Å². The van der Waals surface area contributed by atoms with E-state index >= 15 is 0 Å². The Bertz CT molecular complexity index is 1100. The Morgan fingerprint density at radius 2 is 1.64 bits per heavy atom. The summed E-state index contributed by atoms with van der Waals surface area (Å²) in [6.45, 7) is 4.48. The van der Waals surface area contributed by atoms with E-state index in [-0.39, 0.29) is 17.6 Å². The first kappa shape index (κ1) is 21.5. The number of amides is 2. The first-order valence-corrected chi connectivity index (χ1v) is 11.7. The number of hydrogen-bond acceptors (Lipinski definition) is 4. The van der Waals surface area contributed by atoms with E-state index in [1.807, 2.05) is 29.2 Å². The zero-order valence-corrected chi connectivity index (χ0v) is 18.7. The van der Waals surface area contributed by atoms with E-state index in [4.69, 9.17) is 4.42 Å². The summed E-state index contributed by atoms with van der Waals surface area (Å²) in [5.74, 6) is 0.0800. The van der Waals surface area contributed by atoms with Gasteiger partial charge in [0.2, 0.25) is 5.91 Å². The normalized spacial score (nSPS) is 19.1. The maximum absolute atomic E-state index is 13.7. The molecule has 1 atom stereocenters. The van der Waals surface area contributed by atoms with E-state index in [9.17, 15) is 9.59 Å². The molecule has 0 saturated carbocycles. The number of furan rings is 1. The highest BCUT2D eigenvalue weighted by molar-refractivity contribution is 5.96. The smallest absolute Gasteiger partial charge is 0.290 e. The van der Waals surface area contributed by atoms with Crippen LogP contribution in [0.5, 0.6) is 0 Å². The minimum absolute atomic E-state index is 0.0333. The molecule has 0 radical (unpaired) electrons. The molecule has 6 nitrogen and oxygen atoms in total. The standard InChI is InChI=1S/C27H29N3O3/c31-26(29-14-7-13-28(15-16-29)19-21-8-2-1-3-9-21)24-18-22-10-4-5-11-23(22)20-30(24)27(32)25-12-6-17-33-25/h1-6,8-12,17,24H,7,13-16,18-20H2. The van der Waals surface area contributed by atoms with Crippen LogP contribution in [0.2, 0.25) is 0 Å². The highest BCUT2D eigenvalue weighted by Gasteiger charge is 2.38. The van der Waals surface area contributed by atoms with Gasteiger partial charge in [-0.1, -0.05) is 54.6 Å². The van der Waals surface area contributed by atoms with Gasteiger partial charge in [0, 0.05) is 45.7 Å². The van der Waals surface area contributed by atoms with Gasteiger partial charge in [-0.05, 0) is 35.2 Å². The van der Waals surface area contributed by atoms with Gasteiger partial charge in [-0.25, -0.2) is 0 Å². The number of carbonyl (C=O) groups is 2. The van der Waals surface area contributed by atoms with Gasteiger partial charge in [0.25, 0.3) is 5.91 Å². The van der Waals surface area contributed by atoms with Crippen molar-refractivity contribution < 1.29 is 14.0 Å². The van der Waals surface area contributed by atoms with Crippen molar-refractivity contribution >= 4 is 11.8 Å². The van der Waals surface area contributed by atoms with Crippen molar-refractivity contribution in [2.75, 3.05) is 26.2 Å². The fraction of sp³-hybridized carbons (Fsp3) is 0.333. The number of nitrogens with zero attached hydrogens (tertiary/aromatic N) is 3. The third kappa shape index (κ3) is 4.71. The fourth-order valence-electron chi connectivity index (χ4n) is 4.90. The summed E-state index contributed by atoms with van der Waals surface area (Å²) in [5, 5.41) is 0. The molecule has 2 aliphatic rings. The molecule has 170 valence electrons. The molecule has 3 heterocycles. The predicted octanol–water partition coefficient (Wildman–Crippen LogP) is 3.58. The molecule has 3 aromatic rings. The van der Waals surface area contributed by atoms with Gasteiger partial charge in [-0.3, -0.25) is 14.5 Å². The van der Waals surface area contributed by atoms with Crippen molar-refractivity contribution in [2.24, 2.45) is 0 Å². The summed E-state index contributed by atoms with van der Waals surface area (Å²) in [6, 6.07) is 21.4. The van der Waals surface area contributed by atoms with E-state index in [1.165, 1.54) is 11.8 Å². The molecule has 5 rings (SSSR count). The molecule has 0 aliphatic carbocycles. The number of benzene rings is 2. The van der Waals surface area contributed by atoms with Crippen LogP contribution in [0, 0.1) is 0 Å². The van der Waals surface area contributed by atoms with Crippen LogP contribution in [0.25, 0.3) is 0 Å². The van der Waals surface area contributed by atoms with E-state index < -0.39 is 6.04 Å². The highest BCUT2D eigenvalue weighted by atomic mass is 16.3. The number of fused-ring (bicyclic) bond motifs is 1. The summed E-state index contributed by atoms with van der Waals surface area (Å²) >= 11 is 0. The van der Waals surface area contributed by atoms with Crippen molar-refractivity contribution in [3.8, 4) is 0 Å². The van der Waals surface area contributed by atoms with Gasteiger partial charge in [0.05, 0.1) is 6.26 Å². The van der Waals surface area contributed by atoms with Crippen LogP contribution >= 0.6 is 0 Å². The zero-order valence-electron chi connectivity index (χ0n) is 18.7. The molecule has 1 aromatic heterocycles. The van der Waals surface area contributed by atoms with Crippen LogP contribution in [0.15, 0.2) is 77.4 Å². The molecule has 33 heavy (non-hydrogen) atoms. The molecule has 0 bridgehead atoms. The van der Waals surface area contributed by atoms with Crippen molar-refractivity contribution in [3.05, 3.63) is 95.4 Å². The quantitative estimate of drug-likeness (QED) is 0.619. The third-order valence-electron chi connectivity index (χ3n) is 6.68. The van der Waals surface area contributed by atoms with Crippen molar-refractivity contribution in [2.45, 2.75) is 32.0 Å². The van der Waals surface area contributed by atoms with Crippen LogP contribution < -0.4 is 0 Å². The van der Waals surface area contributed by atoms with Gasteiger partial charge in [-0.2, -0.15) is 0 Å². The maximum atomic E-state index is 13.7. The highest BCUT2D eigenvalue weighted by Crippen LogP contribution is 2.27. The summed E-state index contributed by atoms with van der Waals surface area (Å²) in [4.78, 5) is 33.0. The lowest BCUT2D eigenvalue weighted by Crippen LogP contribution is -2.54. The topological polar surface area (TPSA) is 57.0 Å². The molecule has 2 amide bonds. The third-order valence-corrected chi connectivity index (χ3v) is 6.68. The summed E-state index contributed by atoms with van der Waals surface area (Å²) in [7, 11) is 0. The van der Waals surface area contributed by atoms with Gasteiger partial charge < -0.3 is 14.2 Å². The second kappa shape index (κ2) is 9.63. The number of hydrogen-bond donors (Lipinski definition) is 0. The molecular weight excluding hydrogens is 414 g/mol. The van der Waals surface area contributed by atoms with E-state index in [2.05, 4.69) is 35.2 Å². The first-order valence-electron chi connectivity index (χ1n) is 11.7. The summed E-state index contributed by atoms with van der Waals surface area (Å²) < 4.78 is 5.38. The second-order valence-corrected chi connectivity index (χ2v) is 8.84. The largest absolute Gasteiger partial charge is 0.459 e. The zero-order chi connectivity index (χ0) is 22.6. The SMILES string of the molecule is O=C(C1Cc2ccccc2CN1C(=O)c1ccco1)N1CCCN(Cc2ccccc2)CC1. The Labute approximate surface area is 194 Å². The Morgan fingerprint density at radius 3 is 2.42 bits per heavy atom. The van der Waals surface area contributed by atoms with Crippen LogP contribution in [0.3, 0.4) is 0 Å². The average molecular weight is 444 g/mol. The molecule has 1 saturated heterocycles. The first-order chi connectivity index (χ1) is 16.2. The summed E-state index contributed by atoms with van der Waals surface area (Å²) in [5.41, 5.74) is 3.52. The Kier molecular flexibility index (Phi) is 6.26. The Hall–Kier alpha value is -3.38. The van der Waals surface area contributed by atoms with E-state index in [1.54, 1.807) is 17.0 Å². The molecular formula is C27H29N3O3. The number of carbonyl (C=O) groups excluding carboxylic acids is 2. The van der Waals surface area contributed by atoms with Crippen LogP contribution in [-0.2, 0) is 24.3 Å². The lowest BCUT2D eigenvalue weighted by Gasteiger charge is -2.38. The maximum Gasteiger partial charge on any atom is 0.290 e. The number of rotatable bonds is 4. The van der Waals surface area contributed by atoms with Gasteiger partial charge in [0.15, 0.2) is 5.76 Å². The minimum Gasteiger partial charge on any atom is -0.459 e.